The minimum absolute atomic E-state index is 0.0110. The first-order valence-electron chi connectivity index (χ1n) is 34.4. The number of alkyl carbamates (subject to hydrolysis) is 2. The Morgan fingerprint density at radius 3 is 1.52 bits per heavy atom. The Labute approximate surface area is 606 Å². The van der Waals surface area contributed by atoms with Gasteiger partial charge in [0.1, 0.15) is 29.3 Å². The van der Waals surface area contributed by atoms with Crippen molar-refractivity contribution in [1.29, 1.82) is 0 Å². The maximum absolute atomic E-state index is 14.2. The summed E-state index contributed by atoms with van der Waals surface area (Å²) in [6.07, 6.45) is 7.47. The van der Waals surface area contributed by atoms with Gasteiger partial charge >= 0.3 is 30.2 Å². The number of carbonyl (C=O) groups excluding carboxylic acids is 5. The molecule has 9 atom stereocenters. The Balaban J connectivity index is 0.000000245. The number of aliphatic carboxylic acids is 2. The zero-order valence-corrected chi connectivity index (χ0v) is 63.3. The van der Waals surface area contributed by atoms with Crippen LogP contribution in [-0.2, 0) is 73.7 Å². The third kappa shape index (κ3) is 24.7. The number of ether oxygens (including phenoxy) is 3. The number of carbonyl (C=O) groups is 7. The van der Waals surface area contributed by atoms with E-state index < -0.39 is 137 Å². The van der Waals surface area contributed by atoms with Crippen LogP contribution in [0.4, 0.5) is 14.4 Å². The average Bonchev–Trinajstić information content (AvgIpc) is 1.18. The molecular weight excluding hydrogens is 1400 g/mol. The van der Waals surface area contributed by atoms with Crippen LogP contribution in [0.15, 0.2) is 164 Å². The van der Waals surface area contributed by atoms with Gasteiger partial charge in [-0.2, -0.15) is 0 Å². The zero-order chi connectivity index (χ0) is 76.0. The maximum Gasteiger partial charge on any atom is 0.416 e. The quantitative estimate of drug-likeness (QED) is 0.0209. The Bertz CT molecular complexity index is 4000. The van der Waals surface area contributed by atoms with Crippen molar-refractivity contribution in [2.24, 2.45) is 11.8 Å². The fourth-order valence-corrected chi connectivity index (χ4v) is 22.8. The molecule has 560 valence electrons. The number of carboxylic acids is 2. The molecule has 0 spiro atoms. The highest BCUT2D eigenvalue weighted by Crippen LogP contribution is 2.38. The maximum atomic E-state index is 14.2. The van der Waals surface area contributed by atoms with Crippen molar-refractivity contribution in [1.82, 2.24) is 15.5 Å². The molecule has 4 aliphatic rings. The van der Waals surface area contributed by atoms with E-state index in [2.05, 4.69) is 79.9 Å². The lowest BCUT2D eigenvalue weighted by molar-refractivity contribution is -0.142. The lowest BCUT2D eigenvalue weighted by atomic mass is 9.93. The SMILES string of the molecule is CC(C)(C)OC(=O)N[C@@H]1CCCS(=O)(=O)[C@H]1C(=O)O.CC(C)(C)OC(=O)N[C@@H]1CCCS(=O)(=O)[C@H]1C=O.CC(C)(C)[Si](OCCC[C@@H](C(=O)N1C(=O)OC[C@H]1Cc1ccccc1)[C@@H](O)/C=C\c1ccccc1)(c1ccccc1)c1ccccc1.O=C(O)[C@@H]1CCCS(=O)(=O)[C@H]1/C=C\c1ccccc1. The van der Waals surface area contributed by atoms with Crippen LogP contribution in [0.2, 0.25) is 5.04 Å². The van der Waals surface area contributed by atoms with E-state index in [0.29, 0.717) is 70.7 Å². The van der Waals surface area contributed by atoms with E-state index in [1.807, 2.05) is 109 Å². The number of aliphatic hydroxyl groups excluding tert-OH is 1. The van der Waals surface area contributed by atoms with Gasteiger partial charge in [-0.25, -0.2) is 44.5 Å². The third-order valence-electron chi connectivity index (χ3n) is 17.5. The molecule has 0 radical (unpaired) electrons. The zero-order valence-electron chi connectivity index (χ0n) is 59.9. The van der Waals surface area contributed by atoms with Crippen molar-refractivity contribution in [3.63, 3.8) is 0 Å². The monoisotopic (exact) mass is 1500 g/mol. The van der Waals surface area contributed by atoms with Gasteiger partial charge in [0.2, 0.25) is 5.91 Å². The summed E-state index contributed by atoms with van der Waals surface area (Å²) in [7, 11) is -13.3. The number of imide groups is 1. The fourth-order valence-electron chi connectivity index (χ4n) is 12.7. The standard InChI is InChI=1S/C40H45NO5Si.C14H16O4S.C11H19NO6S.C11H19NO5S/c1-40(2,3)47(34-21-12-6-13-22-34,35-23-14-7-15-24-35)46-28-16-25-36(37(42)27-26-31-17-8-4-9-18-31)38(43)41-33(30-45-39(41)44)29-32-19-10-5-11-20-32;15-14(16)12-7-4-10-19(17,18)13(12)9-8-11-5-2-1-3-6-11;1-11(2,3)18-10(15)12-7-5-4-6-19(16,17)8(7)9(13)14;1-11(2,3)17-10(14)12-8-5-4-6-18(15,16)9(8)7-13/h4-15,17-24,26-27,33,36-37,42H,16,25,28-30H2,1-3H3;1-3,5-6,8-9,12-13H,4,7,10H2,(H,15,16);7-8H,4-6H2,1-3H3,(H,12,15)(H,13,14);7-9H,4-6H2,1-3H3,(H,12,14)/b27-26-;9-8-;;/t33-,36-,37+;12-,13+;7-,8-;8-,9+/m1111/s1. The number of sulfone groups is 3. The first-order chi connectivity index (χ1) is 48.4. The molecule has 0 saturated carbocycles. The number of aldehydes is 1. The van der Waals surface area contributed by atoms with Crippen molar-refractivity contribution in [2.75, 3.05) is 30.5 Å². The minimum atomic E-state index is -3.73. The van der Waals surface area contributed by atoms with Crippen LogP contribution >= 0.6 is 0 Å². The summed E-state index contributed by atoms with van der Waals surface area (Å²) in [6, 6.07) is 47.4. The number of carboxylic acid groups (broad SMARTS) is 2. The van der Waals surface area contributed by atoms with Crippen LogP contribution in [0.25, 0.3) is 12.2 Å². The Morgan fingerprint density at radius 1 is 0.602 bits per heavy atom. The first kappa shape index (κ1) is 83.6. The smallest absolute Gasteiger partial charge is 0.416 e. The van der Waals surface area contributed by atoms with Crippen molar-refractivity contribution in [3.8, 4) is 0 Å². The topological polar surface area (TPSA) is 347 Å². The van der Waals surface area contributed by atoms with E-state index in [-0.39, 0.29) is 28.9 Å². The van der Waals surface area contributed by atoms with Crippen molar-refractivity contribution in [2.45, 2.75) is 176 Å². The highest BCUT2D eigenvalue weighted by molar-refractivity contribution is 7.93. The van der Waals surface area contributed by atoms with Gasteiger partial charge in [-0.3, -0.25) is 14.4 Å². The first-order valence-corrected chi connectivity index (χ1v) is 41.4. The summed E-state index contributed by atoms with van der Waals surface area (Å²) >= 11 is 0. The molecule has 9 rings (SSSR count). The van der Waals surface area contributed by atoms with Gasteiger partial charge in [-0.15, -0.1) is 0 Å². The van der Waals surface area contributed by atoms with Crippen molar-refractivity contribution < 1.29 is 92.8 Å². The number of aliphatic hydroxyl groups is 1. The Hall–Kier alpha value is -8.34. The molecule has 23 nitrogen and oxygen atoms in total. The molecule has 0 aromatic heterocycles. The average molecular weight is 1500 g/mol. The normalized spacial score (nSPS) is 22.1. The van der Waals surface area contributed by atoms with Gasteiger partial charge in [0, 0.05) is 6.61 Å². The number of amides is 4. The molecule has 5 aromatic carbocycles. The second kappa shape index (κ2) is 37.4. The van der Waals surface area contributed by atoms with Crippen molar-refractivity contribution >= 4 is 103 Å². The minimum Gasteiger partial charge on any atom is -0.481 e. The van der Waals surface area contributed by atoms with Crippen LogP contribution in [-0.4, -0.2) is 178 Å². The van der Waals surface area contributed by atoms with E-state index in [4.69, 9.17) is 28.8 Å². The molecule has 4 fully saturated rings. The largest absolute Gasteiger partial charge is 0.481 e. The van der Waals surface area contributed by atoms with Gasteiger partial charge in [0.05, 0.1) is 58.6 Å². The van der Waals surface area contributed by atoms with Crippen LogP contribution < -0.4 is 21.0 Å². The summed E-state index contributed by atoms with van der Waals surface area (Å²) in [5.41, 5.74) is 1.40. The number of nitrogens with one attached hydrogen (secondary N) is 2. The van der Waals surface area contributed by atoms with Crippen LogP contribution in [0.1, 0.15) is 130 Å². The van der Waals surface area contributed by atoms with Crippen LogP contribution in [0.3, 0.4) is 0 Å². The third-order valence-corrected chi connectivity index (χ3v) is 29.0. The van der Waals surface area contributed by atoms with E-state index in [1.165, 1.54) is 21.3 Å². The fraction of sp³-hybridized carbons (Fsp3) is 0.461. The van der Waals surface area contributed by atoms with Gasteiger partial charge < -0.3 is 49.4 Å². The van der Waals surface area contributed by atoms with Gasteiger partial charge in [-0.1, -0.05) is 197 Å². The van der Waals surface area contributed by atoms with Gasteiger partial charge in [-0.05, 0) is 131 Å². The molecule has 103 heavy (non-hydrogen) atoms. The molecule has 4 heterocycles. The summed E-state index contributed by atoms with van der Waals surface area (Å²) < 4.78 is 93.3. The number of hydrogen-bond acceptors (Lipinski definition) is 18. The number of hydrogen-bond donors (Lipinski definition) is 5. The molecular formula is C76H99N3O20S3Si. The summed E-state index contributed by atoms with van der Waals surface area (Å²) in [5, 5.41) is 32.9. The number of rotatable bonds is 20. The van der Waals surface area contributed by atoms with E-state index in [9.17, 15) is 63.9 Å². The molecule has 27 heteroatoms. The van der Waals surface area contributed by atoms with Gasteiger partial charge in [0.25, 0.3) is 8.32 Å². The van der Waals surface area contributed by atoms with Crippen LogP contribution in [0.5, 0.6) is 0 Å². The molecule has 4 aliphatic heterocycles. The molecule has 5 N–H and O–H groups in total. The van der Waals surface area contributed by atoms with E-state index in [1.54, 1.807) is 53.7 Å². The van der Waals surface area contributed by atoms with E-state index >= 15 is 0 Å². The predicted molar refractivity (Wildman–Crippen MR) is 397 cm³/mol. The second-order valence-corrected chi connectivity index (χ2v) is 39.8. The van der Waals surface area contributed by atoms with Gasteiger partial charge in [0.15, 0.2) is 34.8 Å². The molecule has 0 unspecified atom stereocenters. The summed E-state index contributed by atoms with van der Waals surface area (Å²) in [6.45, 7) is 17.3. The van der Waals surface area contributed by atoms with Crippen LogP contribution in [0, 0.1) is 11.8 Å². The number of nitrogens with zero attached hydrogens (tertiary/aromatic N) is 1. The molecule has 5 aromatic rings. The molecule has 0 aliphatic carbocycles. The summed E-state index contributed by atoms with van der Waals surface area (Å²) in [5.74, 6) is -4.71. The summed E-state index contributed by atoms with van der Waals surface area (Å²) in [4.78, 5) is 84.7. The highest BCUT2D eigenvalue weighted by Gasteiger charge is 2.51. The highest BCUT2D eigenvalue weighted by atomic mass is 32.2. The molecule has 0 bridgehead atoms. The molecule has 4 amide bonds. The lowest BCUT2D eigenvalue weighted by Gasteiger charge is -2.43. The lowest BCUT2D eigenvalue weighted by Crippen LogP contribution is -2.66. The Kier molecular flexibility index (Phi) is 30.3. The number of benzene rings is 5. The second-order valence-electron chi connectivity index (χ2n) is 28.7. The Morgan fingerprint density at radius 2 is 1.05 bits per heavy atom. The number of cyclic esters (lactones) is 1. The molecule has 4 saturated heterocycles. The predicted octanol–water partition coefficient (Wildman–Crippen LogP) is 9.80. The van der Waals surface area contributed by atoms with E-state index in [0.717, 1.165) is 16.7 Å². The van der Waals surface area contributed by atoms with Crippen molar-refractivity contribution in [3.05, 3.63) is 181 Å².